The number of hydrogen-bond donors (Lipinski definition) is 2. The Morgan fingerprint density at radius 1 is 1.38 bits per heavy atom. The van der Waals surface area contributed by atoms with Crippen molar-refractivity contribution in [1.82, 2.24) is 4.90 Å². The summed E-state index contributed by atoms with van der Waals surface area (Å²) in [6, 6.07) is 9.75. The third kappa shape index (κ3) is 3.90. The molecule has 1 atom stereocenters. The molecule has 3 N–H and O–H groups in total. The Morgan fingerprint density at radius 2 is 2.00 bits per heavy atom. The first-order valence-electron chi connectivity index (χ1n) is 5.35. The van der Waals surface area contributed by atoms with Crippen molar-refractivity contribution >= 4 is 11.6 Å². The minimum absolute atomic E-state index is 0.0164. The molecule has 0 fully saturated rings. The highest BCUT2D eigenvalue weighted by atomic mass is 16.2. The van der Waals surface area contributed by atoms with Crippen molar-refractivity contribution in [2.24, 2.45) is 5.73 Å². The molecule has 0 aromatic heterocycles. The third-order valence-corrected chi connectivity index (χ3v) is 2.35. The predicted molar refractivity (Wildman–Crippen MR) is 66.2 cm³/mol. The Bertz CT molecular complexity index is 324. The molecule has 1 unspecified atom stereocenters. The molecule has 1 amide bonds. The molecule has 0 bridgehead atoms. The first kappa shape index (κ1) is 12.5. The van der Waals surface area contributed by atoms with Crippen molar-refractivity contribution in [2.45, 2.75) is 12.5 Å². The molecule has 16 heavy (non-hydrogen) atoms. The fourth-order valence-corrected chi connectivity index (χ4v) is 1.36. The van der Waals surface area contributed by atoms with Crippen LogP contribution in [-0.4, -0.2) is 37.5 Å². The van der Waals surface area contributed by atoms with Gasteiger partial charge in [-0.2, -0.15) is 0 Å². The summed E-state index contributed by atoms with van der Waals surface area (Å²) in [5.41, 5.74) is 6.63. The first-order chi connectivity index (χ1) is 7.63. The molecule has 1 rings (SSSR count). The zero-order chi connectivity index (χ0) is 12.0. The highest BCUT2D eigenvalue weighted by Gasteiger charge is 2.13. The van der Waals surface area contributed by atoms with Crippen molar-refractivity contribution in [2.75, 3.05) is 26.0 Å². The lowest BCUT2D eigenvalue weighted by molar-refractivity contribution is -0.128. The van der Waals surface area contributed by atoms with Crippen molar-refractivity contribution < 1.29 is 4.79 Å². The van der Waals surface area contributed by atoms with Gasteiger partial charge < -0.3 is 16.0 Å². The summed E-state index contributed by atoms with van der Waals surface area (Å²) in [5, 5.41) is 3.24. The SMILES string of the molecule is CN(C)C(=O)CC(CN)Nc1ccccc1. The summed E-state index contributed by atoms with van der Waals surface area (Å²) < 4.78 is 0. The van der Waals surface area contributed by atoms with Gasteiger partial charge in [-0.3, -0.25) is 4.79 Å². The summed E-state index contributed by atoms with van der Waals surface area (Å²) >= 11 is 0. The number of anilines is 1. The molecule has 0 spiro atoms. The van der Waals surface area contributed by atoms with Gasteiger partial charge in [0.05, 0.1) is 0 Å². The van der Waals surface area contributed by atoms with Crippen LogP contribution in [0, 0.1) is 0 Å². The topological polar surface area (TPSA) is 58.4 Å². The molecule has 1 aromatic rings. The van der Waals surface area contributed by atoms with Gasteiger partial charge in [-0.25, -0.2) is 0 Å². The maximum atomic E-state index is 11.5. The van der Waals surface area contributed by atoms with Gasteiger partial charge in [0.2, 0.25) is 5.91 Å². The standard InChI is InChI=1S/C12H19N3O/c1-15(2)12(16)8-11(9-13)14-10-6-4-3-5-7-10/h3-7,11,14H,8-9,13H2,1-2H3. The van der Waals surface area contributed by atoms with E-state index in [1.54, 1.807) is 19.0 Å². The molecule has 0 aliphatic heterocycles. The Balaban J connectivity index is 2.53. The number of rotatable bonds is 5. The third-order valence-electron chi connectivity index (χ3n) is 2.35. The Morgan fingerprint density at radius 3 is 2.50 bits per heavy atom. The second kappa shape index (κ2) is 6.12. The summed E-state index contributed by atoms with van der Waals surface area (Å²) in [7, 11) is 3.50. The number of nitrogens with two attached hydrogens (primary N) is 1. The van der Waals surface area contributed by atoms with Crippen molar-refractivity contribution in [1.29, 1.82) is 0 Å². The lowest BCUT2D eigenvalue weighted by Gasteiger charge is -2.19. The van der Waals surface area contributed by atoms with Crippen molar-refractivity contribution in [3.63, 3.8) is 0 Å². The average molecular weight is 221 g/mol. The first-order valence-corrected chi connectivity index (χ1v) is 5.35. The van der Waals surface area contributed by atoms with Crippen LogP contribution >= 0.6 is 0 Å². The molecule has 0 saturated carbocycles. The minimum atomic E-state index is -0.0164. The van der Waals surface area contributed by atoms with Crippen LogP contribution in [0.15, 0.2) is 30.3 Å². The van der Waals surface area contributed by atoms with Crippen LogP contribution in [0.5, 0.6) is 0 Å². The molecular formula is C12H19N3O. The van der Waals surface area contributed by atoms with Crippen LogP contribution in [0.2, 0.25) is 0 Å². The van der Waals surface area contributed by atoms with Crippen molar-refractivity contribution in [3.8, 4) is 0 Å². The monoisotopic (exact) mass is 221 g/mol. The lowest BCUT2D eigenvalue weighted by atomic mass is 10.1. The van der Waals surface area contributed by atoms with E-state index in [2.05, 4.69) is 5.32 Å². The largest absolute Gasteiger partial charge is 0.381 e. The molecule has 0 saturated heterocycles. The molecule has 1 aromatic carbocycles. The van der Waals surface area contributed by atoms with E-state index in [4.69, 9.17) is 5.73 Å². The number of benzene rings is 1. The van der Waals surface area contributed by atoms with Gasteiger partial charge in [0.25, 0.3) is 0 Å². The Labute approximate surface area is 96.4 Å². The van der Waals surface area contributed by atoms with Crippen LogP contribution in [0.25, 0.3) is 0 Å². The van der Waals surface area contributed by atoms with Crippen LogP contribution in [0.1, 0.15) is 6.42 Å². The van der Waals surface area contributed by atoms with Gasteiger partial charge in [0.15, 0.2) is 0 Å². The fraction of sp³-hybridized carbons (Fsp3) is 0.417. The van der Waals surface area contributed by atoms with Gasteiger partial charge >= 0.3 is 0 Å². The molecule has 0 aliphatic carbocycles. The van der Waals surface area contributed by atoms with E-state index in [1.807, 2.05) is 30.3 Å². The van der Waals surface area contributed by atoms with Gasteiger partial charge in [-0.15, -0.1) is 0 Å². The average Bonchev–Trinajstić information content (AvgIpc) is 2.29. The second-order valence-corrected chi connectivity index (χ2v) is 3.94. The van der Waals surface area contributed by atoms with Gasteiger partial charge in [-0.05, 0) is 12.1 Å². The van der Waals surface area contributed by atoms with Crippen LogP contribution in [0.4, 0.5) is 5.69 Å². The summed E-state index contributed by atoms with van der Waals surface area (Å²) in [5.74, 6) is 0.0823. The van der Waals surface area contributed by atoms with Crippen LogP contribution in [0.3, 0.4) is 0 Å². The normalized spacial score (nSPS) is 11.9. The highest BCUT2D eigenvalue weighted by molar-refractivity contribution is 5.76. The number of nitrogens with one attached hydrogen (secondary N) is 1. The smallest absolute Gasteiger partial charge is 0.224 e. The molecule has 0 radical (unpaired) electrons. The number of hydrogen-bond acceptors (Lipinski definition) is 3. The van der Waals surface area contributed by atoms with E-state index < -0.39 is 0 Å². The van der Waals surface area contributed by atoms with E-state index in [1.165, 1.54) is 0 Å². The molecule has 4 heteroatoms. The molecule has 0 aliphatic rings. The van der Waals surface area contributed by atoms with E-state index in [0.717, 1.165) is 5.69 Å². The quantitative estimate of drug-likeness (QED) is 0.777. The maximum absolute atomic E-state index is 11.5. The Kier molecular flexibility index (Phi) is 4.79. The van der Waals surface area contributed by atoms with E-state index >= 15 is 0 Å². The molecular weight excluding hydrogens is 202 g/mol. The van der Waals surface area contributed by atoms with Crippen molar-refractivity contribution in [3.05, 3.63) is 30.3 Å². The number of amides is 1. The van der Waals surface area contributed by atoms with Gasteiger partial charge in [0.1, 0.15) is 0 Å². The number of carbonyl (C=O) groups excluding carboxylic acids is 1. The maximum Gasteiger partial charge on any atom is 0.224 e. The summed E-state index contributed by atoms with van der Waals surface area (Å²) in [6.45, 7) is 0.439. The van der Waals surface area contributed by atoms with Gasteiger partial charge in [0, 0.05) is 38.8 Å². The molecule has 4 nitrogen and oxygen atoms in total. The fourth-order valence-electron chi connectivity index (χ4n) is 1.36. The summed E-state index contributed by atoms with van der Waals surface area (Å²) in [4.78, 5) is 13.1. The predicted octanol–water partition coefficient (Wildman–Crippen LogP) is 0.904. The van der Waals surface area contributed by atoms with Gasteiger partial charge in [-0.1, -0.05) is 18.2 Å². The zero-order valence-corrected chi connectivity index (χ0v) is 9.81. The van der Waals surface area contributed by atoms with E-state index in [9.17, 15) is 4.79 Å². The number of carbonyl (C=O) groups is 1. The number of nitrogens with zero attached hydrogens (tertiary/aromatic N) is 1. The molecule has 0 heterocycles. The molecule has 88 valence electrons. The second-order valence-electron chi connectivity index (χ2n) is 3.94. The number of para-hydroxylation sites is 1. The highest BCUT2D eigenvalue weighted by Crippen LogP contribution is 2.08. The summed E-state index contributed by atoms with van der Waals surface area (Å²) in [6.07, 6.45) is 0.415. The Hall–Kier alpha value is -1.55. The minimum Gasteiger partial charge on any atom is -0.381 e. The van der Waals surface area contributed by atoms with Crippen LogP contribution < -0.4 is 11.1 Å². The van der Waals surface area contributed by atoms with E-state index in [-0.39, 0.29) is 11.9 Å². The zero-order valence-electron chi connectivity index (χ0n) is 9.81. The lowest BCUT2D eigenvalue weighted by Crippen LogP contribution is -2.35. The van der Waals surface area contributed by atoms with E-state index in [0.29, 0.717) is 13.0 Å². The van der Waals surface area contributed by atoms with Crippen LogP contribution in [-0.2, 0) is 4.79 Å².